The van der Waals surface area contributed by atoms with Crippen molar-refractivity contribution in [3.05, 3.63) is 95.6 Å². The normalized spacial score (nSPS) is 17.7. The number of ketones is 1. The molecule has 1 aliphatic carbocycles. The van der Waals surface area contributed by atoms with Crippen molar-refractivity contribution in [3.63, 3.8) is 0 Å². The van der Waals surface area contributed by atoms with E-state index in [0.29, 0.717) is 19.4 Å². The van der Waals surface area contributed by atoms with E-state index in [0.717, 1.165) is 27.8 Å². The number of aliphatic hydroxyl groups excluding tert-OH is 1. The minimum Gasteiger partial charge on any atom is -0.469 e. The predicted octanol–water partition coefficient (Wildman–Crippen LogP) is 4.75. The van der Waals surface area contributed by atoms with Gasteiger partial charge in [0.25, 0.3) is 0 Å². The topological polar surface area (TPSA) is 93.1 Å². The molecule has 7 heteroatoms. The van der Waals surface area contributed by atoms with Crippen LogP contribution in [0.4, 0.5) is 4.79 Å². The molecule has 2 unspecified atom stereocenters. The third-order valence-electron chi connectivity index (χ3n) is 8.01. The van der Waals surface area contributed by atoms with E-state index >= 15 is 0 Å². The van der Waals surface area contributed by atoms with Crippen molar-refractivity contribution in [1.82, 2.24) is 4.90 Å². The average Bonchev–Trinajstić information content (AvgIpc) is 3.59. The highest BCUT2D eigenvalue weighted by Gasteiger charge is 2.45. The Morgan fingerprint density at radius 3 is 2.15 bits per heavy atom. The van der Waals surface area contributed by atoms with Gasteiger partial charge in [-0.25, -0.2) is 4.79 Å². The third kappa shape index (κ3) is 5.19. The van der Waals surface area contributed by atoms with Crippen molar-refractivity contribution in [2.45, 2.75) is 37.6 Å². The predicted molar refractivity (Wildman–Crippen MR) is 146 cm³/mol. The molecule has 2 atom stereocenters. The van der Waals surface area contributed by atoms with Crippen molar-refractivity contribution < 1.29 is 29.0 Å². The molecule has 0 spiro atoms. The van der Waals surface area contributed by atoms with Gasteiger partial charge in [-0.3, -0.25) is 14.5 Å². The molecule has 1 amide bonds. The summed E-state index contributed by atoms with van der Waals surface area (Å²) in [5.74, 6) is -1.00. The van der Waals surface area contributed by atoms with E-state index in [9.17, 15) is 19.5 Å². The molecule has 3 aromatic carbocycles. The lowest BCUT2D eigenvalue weighted by atomic mass is 9.76. The van der Waals surface area contributed by atoms with E-state index in [1.54, 1.807) is 0 Å². The summed E-state index contributed by atoms with van der Waals surface area (Å²) >= 11 is 0. The smallest absolute Gasteiger partial charge is 0.410 e. The Morgan fingerprint density at radius 2 is 1.54 bits per heavy atom. The number of hydrogen-bond donors (Lipinski definition) is 1. The van der Waals surface area contributed by atoms with Crippen molar-refractivity contribution in [1.29, 1.82) is 0 Å². The van der Waals surface area contributed by atoms with Gasteiger partial charge in [0.2, 0.25) is 0 Å². The molecule has 1 heterocycles. The maximum atomic E-state index is 13.6. The zero-order chi connectivity index (χ0) is 27.4. The molecule has 0 radical (unpaired) electrons. The largest absolute Gasteiger partial charge is 0.469 e. The fourth-order valence-corrected chi connectivity index (χ4v) is 6.03. The zero-order valence-electron chi connectivity index (χ0n) is 22.0. The minimum absolute atomic E-state index is 0.0784. The van der Waals surface area contributed by atoms with Gasteiger partial charge in [-0.1, -0.05) is 78.9 Å². The molecular formula is C32H33NO6. The van der Waals surface area contributed by atoms with E-state index < -0.39 is 30.1 Å². The molecule has 0 bridgehead atoms. The molecule has 1 fully saturated rings. The fraction of sp³-hybridized carbons (Fsp3) is 0.344. The number of rotatable bonds is 9. The lowest BCUT2D eigenvalue weighted by Crippen LogP contribution is -2.46. The van der Waals surface area contributed by atoms with Crippen LogP contribution in [0.5, 0.6) is 0 Å². The highest BCUT2D eigenvalue weighted by molar-refractivity contribution is 5.92. The van der Waals surface area contributed by atoms with Crippen LogP contribution in [0.25, 0.3) is 11.1 Å². The van der Waals surface area contributed by atoms with Gasteiger partial charge in [0.05, 0.1) is 19.8 Å². The third-order valence-corrected chi connectivity index (χ3v) is 8.01. The van der Waals surface area contributed by atoms with Gasteiger partial charge >= 0.3 is 12.1 Å². The van der Waals surface area contributed by atoms with Crippen molar-refractivity contribution >= 4 is 17.8 Å². The molecule has 5 rings (SSSR count). The summed E-state index contributed by atoms with van der Waals surface area (Å²) in [6.45, 7) is 0.0229. The lowest BCUT2D eigenvalue weighted by Gasteiger charge is -2.31. The van der Waals surface area contributed by atoms with Crippen LogP contribution in [0.1, 0.15) is 41.9 Å². The fourth-order valence-electron chi connectivity index (χ4n) is 6.03. The van der Waals surface area contributed by atoms with Crippen molar-refractivity contribution in [3.8, 4) is 11.1 Å². The summed E-state index contributed by atoms with van der Waals surface area (Å²) < 4.78 is 10.8. The number of methoxy groups -OCH3 is 1. The van der Waals surface area contributed by atoms with Crippen LogP contribution in [0.2, 0.25) is 0 Å². The van der Waals surface area contributed by atoms with Gasteiger partial charge in [0.15, 0.2) is 5.78 Å². The number of amides is 1. The Balaban J connectivity index is 1.29. The van der Waals surface area contributed by atoms with Crippen LogP contribution in [0, 0.1) is 5.41 Å². The number of hydrogen-bond acceptors (Lipinski definition) is 6. The molecule has 1 N–H and O–H groups in total. The molecule has 3 aromatic rings. The number of fused-ring (bicyclic) bond motifs is 3. The zero-order valence-corrected chi connectivity index (χ0v) is 22.0. The van der Waals surface area contributed by atoms with Gasteiger partial charge in [-0.2, -0.15) is 0 Å². The van der Waals surface area contributed by atoms with E-state index in [4.69, 9.17) is 9.47 Å². The second kappa shape index (κ2) is 11.4. The van der Waals surface area contributed by atoms with Crippen LogP contribution in [-0.4, -0.2) is 60.8 Å². The number of nitrogens with zero attached hydrogens (tertiary/aromatic N) is 1. The summed E-state index contributed by atoms with van der Waals surface area (Å²) in [6.07, 6.45) is 0.521. The van der Waals surface area contributed by atoms with Gasteiger partial charge in [-0.05, 0) is 47.1 Å². The Kier molecular flexibility index (Phi) is 7.79. The number of aliphatic hydroxyl groups is 1. The number of carbonyl (C=O) groups is 3. The van der Waals surface area contributed by atoms with Crippen LogP contribution < -0.4 is 0 Å². The van der Waals surface area contributed by atoms with Crippen molar-refractivity contribution in [2.75, 3.05) is 26.9 Å². The summed E-state index contributed by atoms with van der Waals surface area (Å²) in [5.41, 5.74) is 3.90. The van der Waals surface area contributed by atoms with Gasteiger partial charge in [0, 0.05) is 18.9 Å². The Bertz CT molecular complexity index is 1310. The lowest BCUT2D eigenvalue weighted by molar-refractivity contribution is -0.158. The quantitative estimate of drug-likeness (QED) is 0.404. The summed E-state index contributed by atoms with van der Waals surface area (Å²) in [5, 5.41) is 10.3. The van der Waals surface area contributed by atoms with Crippen LogP contribution >= 0.6 is 0 Å². The highest BCUT2D eigenvalue weighted by Crippen LogP contribution is 2.44. The van der Waals surface area contributed by atoms with Crippen LogP contribution in [0.15, 0.2) is 78.9 Å². The number of Topliss-reactive ketones (excluding diaryl/α,β-unsaturated/α-hetero) is 1. The molecule has 2 aliphatic rings. The van der Waals surface area contributed by atoms with Gasteiger partial charge < -0.3 is 14.6 Å². The first-order valence-electron chi connectivity index (χ1n) is 13.3. The van der Waals surface area contributed by atoms with Crippen LogP contribution in [-0.2, 0) is 25.5 Å². The number of carbonyl (C=O) groups excluding carboxylic acids is 3. The van der Waals surface area contributed by atoms with Gasteiger partial charge in [0.1, 0.15) is 12.0 Å². The first kappa shape index (κ1) is 26.6. The molecule has 7 nitrogen and oxygen atoms in total. The molecule has 202 valence electrons. The Morgan fingerprint density at radius 1 is 0.923 bits per heavy atom. The minimum atomic E-state index is -1.43. The number of ether oxygens (including phenoxy) is 2. The molecule has 0 saturated carbocycles. The molecule has 0 aromatic heterocycles. The Hall–Kier alpha value is -3.97. The number of esters is 1. The number of benzene rings is 3. The second-order valence-corrected chi connectivity index (χ2v) is 10.4. The molecule has 1 saturated heterocycles. The standard InChI is InChI=1S/C32H33NO6/c1-38-30(36)32(21-34,18-22-10-3-2-4-11-22)19-29(35)28-16-9-17-33(28)31(37)39-20-27-25-14-7-5-12-23(25)24-13-6-8-15-26(24)27/h2-8,10-15,27-28,34H,9,16-21H2,1H3. The van der Waals surface area contributed by atoms with E-state index in [1.165, 1.54) is 12.0 Å². The summed E-state index contributed by atoms with van der Waals surface area (Å²) in [6, 6.07) is 24.8. The molecule has 39 heavy (non-hydrogen) atoms. The highest BCUT2D eigenvalue weighted by atomic mass is 16.6. The maximum absolute atomic E-state index is 13.6. The monoisotopic (exact) mass is 527 g/mol. The van der Waals surface area contributed by atoms with Crippen LogP contribution in [0.3, 0.4) is 0 Å². The maximum Gasteiger partial charge on any atom is 0.410 e. The van der Waals surface area contributed by atoms with Gasteiger partial charge in [-0.15, -0.1) is 0 Å². The van der Waals surface area contributed by atoms with E-state index in [2.05, 4.69) is 24.3 Å². The second-order valence-electron chi connectivity index (χ2n) is 10.4. The first-order valence-corrected chi connectivity index (χ1v) is 13.3. The van der Waals surface area contributed by atoms with E-state index in [-0.39, 0.29) is 31.1 Å². The van der Waals surface area contributed by atoms with Crippen molar-refractivity contribution in [2.24, 2.45) is 5.41 Å². The molecule has 1 aliphatic heterocycles. The summed E-state index contributed by atoms with van der Waals surface area (Å²) in [4.78, 5) is 41.1. The SMILES string of the molecule is COC(=O)C(CO)(CC(=O)C1CCCN1C(=O)OCC1c2ccccc2-c2ccccc21)Cc1ccccc1. The first-order chi connectivity index (χ1) is 19.0. The molecular weight excluding hydrogens is 494 g/mol. The number of likely N-dealkylation sites (tertiary alicyclic amines) is 1. The Labute approximate surface area is 228 Å². The average molecular weight is 528 g/mol. The summed E-state index contributed by atoms with van der Waals surface area (Å²) in [7, 11) is 1.25. The van der Waals surface area contributed by atoms with E-state index in [1.807, 2.05) is 54.6 Å².